The van der Waals surface area contributed by atoms with Gasteiger partial charge in [0, 0.05) is 25.4 Å². The molecule has 0 atom stereocenters. The average molecular weight is 254 g/mol. The van der Waals surface area contributed by atoms with Gasteiger partial charge in [0.15, 0.2) is 0 Å². The molecule has 100 valence electrons. The zero-order valence-electron chi connectivity index (χ0n) is 10.6. The topological polar surface area (TPSA) is 71.8 Å². The summed E-state index contributed by atoms with van der Waals surface area (Å²) >= 11 is 0. The first-order chi connectivity index (χ1) is 8.50. The van der Waals surface area contributed by atoms with Gasteiger partial charge in [-0.15, -0.1) is 0 Å². The summed E-state index contributed by atoms with van der Waals surface area (Å²) in [5.74, 6) is -1.04. The summed E-state index contributed by atoms with van der Waals surface area (Å²) in [6, 6.07) is 2.55. The minimum absolute atomic E-state index is 0.0999. The summed E-state index contributed by atoms with van der Waals surface area (Å²) < 4.78 is 6.70. The summed E-state index contributed by atoms with van der Waals surface area (Å²) in [5.41, 5.74) is -0.126. The molecule has 1 aromatic heterocycles. The Morgan fingerprint density at radius 3 is 2.72 bits per heavy atom. The number of aromatic carboxylic acids is 1. The number of likely N-dealkylation sites (N-methyl/N-ethyl adjacent to an activating group) is 1. The van der Waals surface area contributed by atoms with E-state index in [1.54, 1.807) is 0 Å². The fraction of sp³-hybridized carbons (Fsp3) is 0.500. The molecule has 0 fully saturated rings. The predicted octanol–water partition coefficient (Wildman–Crippen LogP) is 0.125. The number of carbonyl (C=O) groups is 1. The van der Waals surface area contributed by atoms with Crippen LogP contribution < -0.4 is 5.56 Å². The molecule has 0 saturated heterocycles. The third-order valence-corrected chi connectivity index (χ3v) is 2.39. The van der Waals surface area contributed by atoms with Gasteiger partial charge in [0.05, 0.1) is 18.8 Å². The SMILES string of the molecule is CN(C)CCOCCn1cc(C(=O)O)ccc1=O. The third-order valence-electron chi connectivity index (χ3n) is 2.39. The highest BCUT2D eigenvalue weighted by molar-refractivity contribution is 5.87. The number of hydrogen-bond donors (Lipinski definition) is 1. The second-order valence-corrected chi connectivity index (χ2v) is 4.17. The molecule has 0 saturated carbocycles. The maximum Gasteiger partial charge on any atom is 0.337 e. The highest BCUT2D eigenvalue weighted by Gasteiger charge is 2.04. The Balaban J connectivity index is 2.49. The number of carboxylic acid groups (broad SMARTS) is 1. The number of rotatable bonds is 7. The number of hydrogen-bond acceptors (Lipinski definition) is 4. The quantitative estimate of drug-likeness (QED) is 0.700. The zero-order valence-corrected chi connectivity index (χ0v) is 10.6. The van der Waals surface area contributed by atoms with Crippen molar-refractivity contribution in [1.82, 2.24) is 9.47 Å². The van der Waals surface area contributed by atoms with Gasteiger partial charge < -0.3 is 19.3 Å². The first kappa shape index (κ1) is 14.4. The normalized spacial score (nSPS) is 10.8. The largest absolute Gasteiger partial charge is 0.478 e. The molecule has 0 aliphatic carbocycles. The molecule has 0 aromatic carbocycles. The van der Waals surface area contributed by atoms with Crippen LogP contribution in [0.25, 0.3) is 0 Å². The highest BCUT2D eigenvalue weighted by atomic mass is 16.5. The van der Waals surface area contributed by atoms with E-state index in [9.17, 15) is 9.59 Å². The van der Waals surface area contributed by atoms with Gasteiger partial charge >= 0.3 is 5.97 Å². The van der Waals surface area contributed by atoms with Crippen LogP contribution in [-0.2, 0) is 11.3 Å². The van der Waals surface area contributed by atoms with Crippen LogP contribution in [0, 0.1) is 0 Å². The number of aromatic nitrogens is 1. The van der Waals surface area contributed by atoms with E-state index in [1.165, 1.54) is 22.9 Å². The molecule has 0 spiro atoms. The summed E-state index contributed by atoms with van der Waals surface area (Å²) in [4.78, 5) is 24.2. The monoisotopic (exact) mass is 254 g/mol. The molecule has 1 heterocycles. The van der Waals surface area contributed by atoms with Crippen LogP contribution in [0.1, 0.15) is 10.4 Å². The molecular weight excluding hydrogens is 236 g/mol. The fourth-order valence-corrected chi connectivity index (χ4v) is 1.34. The Labute approximate surface area is 105 Å². The highest BCUT2D eigenvalue weighted by Crippen LogP contribution is 1.95. The summed E-state index contributed by atoms with van der Waals surface area (Å²) in [5, 5.41) is 8.82. The lowest BCUT2D eigenvalue weighted by Gasteiger charge is -2.10. The zero-order chi connectivity index (χ0) is 13.5. The van der Waals surface area contributed by atoms with Crippen molar-refractivity contribution in [1.29, 1.82) is 0 Å². The van der Waals surface area contributed by atoms with Crippen molar-refractivity contribution in [2.75, 3.05) is 33.9 Å². The summed E-state index contributed by atoms with van der Waals surface area (Å²) in [6.07, 6.45) is 1.33. The van der Waals surface area contributed by atoms with Crippen LogP contribution in [0.5, 0.6) is 0 Å². The van der Waals surface area contributed by atoms with Crippen LogP contribution >= 0.6 is 0 Å². The Morgan fingerprint density at radius 1 is 1.39 bits per heavy atom. The minimum atomic E-state index is -1.04. The van der Waals surface area contributed by atoms with Crippen LogP contribution in [0.2, 0.25) is 0 Å². The van der Waals surface area contributed by atoms with Gasteiger partial charge in [-0.2, -0.15) is 0 Å². The van der Waals surface area contributed by atoms with Crippen molar-refractivity contribution in [2.24, 2.45) is 0 Å². The average Bonchev–Trinajstić information content (AvgIpc) is 2.30. The first-order valence-electron chi connectivity index (χ1n) is 5.67. The van der Waals surface area contributed by atoms with Crippen molar-refractivity contribution < 1.29 is 14.6 Å². The molecule has 6 heteroatoms. The Hall–Kier alpha value is -1.66. The lowest BCUT2D eigenvalue weighted by molar-refractivity contribution is 0.0695. The van der Waals surface area contributed by atoms with Crippen molar-refractivity contribution in [3.63, 3.8) is 0 Å². The summed E-state index contributed by atoms with van der Waals surface area (Å²) in [7, 11) is 3.90. The van der Waals surface area contributed by atoms with Gasteiger partial charge in [0.2, 0.25) is 0 Å². The minimum Gasteiger partial charge on any atom is -0.478 e. The second kappa shape index (κ2) is 6.93. The fourth-order valence-electron chi connectivity index (χ4n) is 1.34. The van der Waals surface area contributed by atoms with Gasteiger partial charge in [0.1, 0.15) is 0 Å². The number of nitrogens with zero attached hydrogens (tertiary/aromatic N) is 2. The first-order valence-corrected chi connectivity index (χ1v) is 5.67. The van der Waals surface area contributed by atoms with E-state index in [0.29, 0.717) is 19.8 Å². The van der Waals surface area contributed by atoms with Crippen molar-refractivity contribution in [2.45, 2.75) is 6.54 Å². The lowest BCUT2D eigenvalue weighted by Crippen LogP contribution is -2.24. The van der Waals surface area contributed by atoms with E-state index >= 15 is 0 Å². The van der Waals surface area contributed by atoms with E-state index < -0.39 is 5.97 Å². The summed E-state index contributed by atoms with van der Waals surface area (Å²) in [6.45, 7) is 2.13. The maximum atomic E-state index is 11.5. The maximum absolute atomic E-state index is 11.5. The molecule has 0 unspecified atom stereocenters. The smallest absolute Gasteiger partial charge is 0.337 e. The standard InChI is InChI=1S/C12H18N2O4/c1-13(2)5-7-18-8-6-14-9-10(12(16)17)3-4-11(14)15/h3-4,9H,5-8H2,1-2H3,(H,16,17). The van der Waals surface area contributed by atoms with E-state index in [0.717, 1.165) is 6.54 Å². The van der Waals surface area contributed by atoms with Gasteiger partial charge in [0.25, 0.3) is 5.56 Å². The van der Waals surface area contributed by atoms with Gasteiger partial charge in [-0.3, -0.25) is 4.79 Å². The van der Waals surface area contributed by atoms with Crippen LogP contribution in [-0.4, -0.2) is 54.4 Å². The Bertz CT molecular complexity index is 454. The predicted molar refractivity (Wildman–Crippen MR) is 67.0 cm³/mol. The molecule has 1 N–H and O–H groups in total. The van der Waals surface area contributed by atoms with Gasteiger partial charge in [-0.05, 0) is 20.2 Å². The van der Waals surface area contributed by atoms with E-state index in [4.69, 9.17) is 9.84 Å². The second-order valence-electron chi connectivity index (χ2n) is 4.17. The molecular formula is C12H18N2O4. The van der Waals surface area contributed by atoms with Crippen LogP contribution in [0.15, 0.2) is 23.1 Å². The number of ether oxygens (including phenoxy) is 1. The van der Waals surface area contributed by atoms with Crippen molar-refractivity contribution in [3.8, 4) is 0 Å². The molecule has 18 heavy (non-hydrogen) atoms. The van der Waals surface area contributed by atoms with Crippen molar-refractivity contribution >= 4 is 5.97 Å². The van der Waals surface area contributed by atoms with Crippen LogP contribution in [0.4, 0.5) is 0 Å². The lowest BCUT2D eigenvalue weighted by atomic mass is 10.3. The third kappa shape index (κ3) is 4.68. The molecule has 0 bridgehead atoms. The Morgan fingerprint density at radius 2 is 2.11 bits per heavy atom. The molecule has 0 aliphatic heterocycles. The van der Waals surface area contributed by atoms with E-state index in [2.05, 4.69) is 0 Å². The van der Waals surface area contributed by atoms with Crippen molar-refractivity contribution in [3.05, 3.63) is 34.2 Å². The molecule has 6 nitrogen and oxygen atoms in total. The molecule has 1 rings (SSSR count). The Kier molecular flexibility index (Phi) is 5.54. The molecule has 0 aliphatic rings. The van der Waals surface area contributed by atoms with Gasteiger partial charge in [-0.25, -0.2) is 4.79 Å². The van der Waals surface area contributed by atoms with Gasteiger partial charge in [-0.1, -0.05) is 0 Å². The number of carboxylic acids is 1. The molecule has 0 radical (unpaired) electrons. The van der Waals surface area contributed by atoms with E-state index in [-0.39, 0.29) is 11.1 Å². The van der Waals surface area contributed by atoms with E-state index in [1.807, 2.05) is 19.0 Å². The number of pyridine rings is 1. The molecule has 1 aromatic rings. The van der Waals surface area contributed by atoms with Crippen LogP contribution in [0.3, 0.4) is 0 Å². The molecule has 0 amide bonds.